The number of carbonyl (C=O) groups is 2. The standard InChI is InChI=1S/C26H20ClFINO4S/c1-2-33-22-12-17(11-21(29)24(22)34-15-18-5-3-4-6-20(18)28)13-23-25(31)30(26(32)35-23)14-16-7-9-19(27)10-8-16/h3-13H,2,14-15H2,1H3/b23-13-. The van der Waals surface area contributed by atoms with Gasteiger partial charge in [0.05, 0.1) is 21.6 Å². The summed E-state index contributed by atoms with van der Waals surface area (Å²) >= 11 is 8.93. The molecule has 1 aliphatic rings. The first-order valence-electron chi connectivity index (χ1n) is 10.7. The molecule has 0 N–H and O–H groups in total. The van der Waals surface area contributed by atoms with Gasteiger partial charge < -0.3 is 9.47 Å². The van der Waals surface area contributed by atoms with Crippen LogP contribution in [-0.2, 0) is 17.9 Å². The molecule has 1 saturated heterocycles. The van der Waals surface area contributed by atoms with Gasteiger partial charge in [0.15, 0.2) is 11.5 Å². The van der Waals surface area contributed by atoms with Gasteiger partial charge in [-0.15, -0.1) is 0 Å². The van der Waals surface area contributed by atoms with Crippen LogP contribution in [0.2, 0.25) is 5.02 Å². The fraction of sp³-hybridized carbons (Fsp3) is 0.154. The minimum absolute atomic E-state index is 0.0473. The number of hydrogen-bond donors (Lipinski definition) is 0. The molecule has 2 amide bonds. The van der Waals surface area contributed by atoms with Crippen molar-refractivity contribution in [3.05, 3.63) is 96.7 Å². The van der Waals surface area contributed by atoms with E-state index in [1.165, 1.54) is 11.0 Å². The third kappa shape index (κ3) is 6.17. The molecule has 4 rings (SSSR count). The zero-order valence-electron chi connectivity index (χ0n) is 18.6. The van der Waals surface area contributed by atoms with Crippen molar-refractivity contribution in [2.24, 2.45) is 0 Å². The van der Waals surface area contributed by atoms with Crippen LogP contribution in [-0.4, -0.2) is 22.7 Å². The maximum atomic E-state index is 14.0. The van der Waals surface area contributed by atoms with Gasteiger partial charge >= 0.3 is 0 Å². The van der Waals surface area contributed by atoms with Crippen LogP contribution in [0.4, 0.5) is 9.18 Å². The molecule has 0 radical (unpaired) electrons. The van der Waals surface area contributed by atoms with Crippen molar-refractivity contribution >= 4 is 63.2 Å². The summed E-state index contributed by atoms with van der Waals surface area (Å²) in [6, 6.07) is 17.0. The van der Waals surface area contributed by atoms with Crippen LogP contribution in [0.5, 0.6) is 11.5 Å². The number of benzene rings is 3. The number of hydrogen-bond acceptors (Lipinski definition) is 5. The molecule has 0 saturated carbocycles. The van der Waals surface area contributed by atoms with E-state index in [0.717, 1.165) is 20.9 Å². The fourth-order valence-electron chi connectivity index (χ4n) is 3.40. The van der Waals surface area contributed by atoms with E-state index in [2.05, 4.69) is 22.6 Å². The Kier molecular flexibility index (Phi) is 8.35. The highest BCUT2D eigenvalue weighted by Gasteiger charge is 2.35. The molecule has 35 heavy (non-hydrogen) atoms. The summed E-state index contributed by atoms with van der Waals surface area (Å²) < 4.78 is 26.4. The van der Waals surface area contributed by atoms with Gasteiger partial charge in [-0.05, 0) is 88.8 Å². The summed E-state index contributed by atoms with van der Waals surface area (Å²) in [5, 5.41) is 0.254. The lowest BCUT2D eigenvalue weighted by Crippen LogP contribution is -2.27. The second kappa shape index (κ2) is 11.5. The van der Waals surface area contributed by atoms with Crippen molar-refractivity contribution in [3.63, 3.8) is 0 Å². The first kappa shape index (κ1) is 25.5. The average Bonchev–Trinajstić information content (AvgIpc) is 3.08. The van der Waals surface area contributed by atoms with Crippen LogP contribution < -0.4 is 9.47 Å². The van der Waals surface area contributed by atoms with E-state index in [1.54, 1.807) is 54.6 Å². The molecular weight excluding hydrogens is 604 g/mol. The van der Waals surface area contributed by atoms with E-state index in [9.17, 15) is 14.0 Å². The van der Waals surface area contributed by atoms with Crippen LogP contribution in [0.1, 0.15) is 23.6 Å². The maximum Gasteiger partial charge on any atom is 0.293 e. The Hall–Kier alpha value is -2.56. The smallest absolute Gasteiger partial charge is 0.293 e. The summed E-state index contributed by atoms with van der Waals surface area (Å²) in [6.45, 7) is 2.46. The van der Waals surface area contributed by atoms with Gasteiger partial charge in [-0.3, -0.25) is 14.5 Å². The number of carbonyl (C=O) groups excluding carboxylic acids is 2. The highest BCUT2D eigenvalue weighted by molar-refractivity contribution is 14.1. The Bertz CT molecular complexity index is 1300. The average molecular weight is 624 g/mol. The summed E-state index contributed by atoms with van der Waals surface area (Å²) in [5.74, 6) is 0.264. The molecule has 9 heteroatoms. The second-order valence-electron chi connectivity index (χ2n) is 7.54. The third-order valence-electron chi connectivity index (χ3n) is 5.09. The molecule has 0 spiro atoms. The molecule has 3 aromatic carbocycles. The normalized spacial score (nSPS) is 14.6. The van der Waals surface area contributed by atoms with E-state index in [0.29, 0.717) is 39.2 Å². The zero-order valence-corrected chi connectivity index (χ0v) is 22.3. The molecule has 1 heterocycles. The summed E-state index contributed by atoms with van der Waals surface area (Å²) in [5.41, 5.74) is 1.93. The van der Waals surface area contributed by atoms with Crippen LogP contribution >= 0.6 is 46.0 Å². The quantitative estimate of drug-likeness (QED) is 0.195. The van der Waals surface area contributed by atoms with Gasteiger partial charge in [0.25, 0.3) is 11.1 Å². The van der Waals surface area contributed by atoms with Crippen LogP contribution in [0, 0.1) is 9.39 Å². The number of nitrogens with zero attached hydrogens (tertiary/aromatic N) is 1. The van der Waals surface area contributed by atoms with Gasteiger partial charge in [0, 0.05) is 10.6 Å². The molecule has 5 nitrogen and oxygen atoms in total. The number of imide groups is 1. The Balaban J connectivity index is 1.55. The molecule has 0 unspecified atom stereocenters. The molecule has 0 aliphatic carbocycles. The number of thioether (sulfide) groups is 1. The van der Waals surface area contributed by atoms with Crippen LogP contribution in [0.15, 0.2) is 65.6 Å². The fourth-order valence-corrected chi connectivity index (χ4v) is 5.15. The Morgan fingerprint density at radius 2 is 1.83 bits per heavy atom. The van der Waals surface area contributed by atoms with Crippen molar-refractivity contribution in [2.45, 2.75) is 20.1 Å². The lowest BCUT2D eigenvalue weighted by Gasteiger charge is -2.15. The zero-order chi connectivity index (χ0) is 24.9. The highest BCUT2D eigenvalue weighted by atomic mass is 127. The monoisotopic (exact) mass is 623 g/mol. The second-order valence-corrected chi connectivity index (χ2v) is 10.1. The van der Waals surface area contributed by atoms with Gasteiger partial charge in [-0.1, -0.05) is 41.9 Å². The summed E-state index contributed by atoms with van der Waals surface area (Å²) in [6.07, 6.45) is 1.66. The van der Waals surface area contributed by atoms with Gasteiger partial charge in [0.1, 0.15) is 12.4 Å². The first-order valence-corrected chi connectivity index (χ1v) is 13.0. The van der Waals surface area contributed by atoms with Crippen molar-refractivity contribution < 1.29 is 23.5 Å². The predicted octanol–water partition coefficient (Wildman–Crippen LogP) is 7.30. The van der Waals surface area contributed by atoms with Gasteiger partial charge in [-0.2, -0.15) is 0 Å². The van der Waals surface area contributed by atoms with Gasteiger partial charge in [-0.25, -0.2) is 4.39 Å². The summed E-state index contributed by atoms with van der Waals surface area (Å²) in [4.78, 5) is 27.0. The maximum absolute atomic E-state index is 14.0. The summed E-state index contributed by atoms with van der Waals surface area (Å²) in [7, 11) is 0. The lowest BCUT2D eigenvalue weighted by molar-refractivity contribution is -0.123. The first-order chi connectivity index (χ1) is 16.9. The minimum atomic E-state index is -0.359. The van der Waals surface area contributed by atoms with Crippen LogP contribution in [0.3, 0.4) is 0 Å². The predicted molar refractivity (Wildman–Crippen MR) is 144 cm³/mol. The van der Waals surface area contributed by atoms with Crippen molar-refractivity contribution in [1.82, 2.24) is 4.90 Å². The number of halogens is 3. The molecule has 180 valence electrons. The molecule has 1 aliphatic heterocycles. The number of amides is 2. The van der Waals surface area contributed by atoms with E-state index in [1.807, 2.05) is 13.0 Å². The van der Waals surface area contributed by atoms with Crippen molar-refractivity contribution in [2.75, 3.05) is 6.61 Å². The molecule has 1 fully saturated rings. The minimum Gasteiger partial charge on any atom is -0.490 e. The molecule has 0 aromatic heterocycles. The van der Waals surface area contributed by atoms with Crippen LogP contribution in [0.25, 0.3) is 6.08 Å². The largest absolute Gasteiger partial charge is 0.490 e. The van der Waals surface area contributed by atoms with E-state index in [-0.39, 0.29) is 30.1 Å². The Morgan fingerprint density at radius 1 is 1.09 bits per heavy atom. The Labute approximate surface area is 225 Å². The van der Waals surface area contributed by atoms with Crippen molar-refractivity contribution in [1.29, 1.82) is 0 Å². The lowest BCUT2D eigenvalue weighted by atomic mass is 10.1. The highest BCUT2D eigenvalue weighted by Crippen LogP contribution is 2.38. The molecule has 0 bridgehead atoms. The molecule has 3 aromatic rings. The SMILES string of the molecule is CCOc1cc(/C=C2\SC(=O)N(Cc3ccc(Cl)cc3)C2=O)cc(I)c1OCc1ccccc1F. The van der Waals surface area contributed by atoms with E-state index in [4.69, 9.17) is 21.1 Å². The molecular formula is C26H20ClFINO4S. The van der Waals surface area contributed by atoms with E-state index >= 15 is 0 Å². The Morgan fingerprint density at radius 3 is 2.54 bits per heavy atom. The third-order valence-corrected chi connectivity index (χ3v) is 7.05. The number of rotatable bonds is 8. The van der Waals surface area contributed by atoms with Crippen molar-refractivity contribution in [3.8, 4) is 11.5 Å². The molecule has 0 atom stereocenters. The van der Waals surface area contributed by atoms with Gasteiger partial charge in [0.2, 0.25) is 0 Å². The van der Waals surface area contributed by atoms with E-state index < -0.39 is 0 Å². The topological polar surface area (TPSA) is 55.8 Å². The number of ether oxygens (including phenoxy) is 2.